The maximum Gasteiger partial charge on any atom is 0.408 e. The van der Waals surface area contributed by atoms with Gasteiger partial charge in [-0.2, -0.15) is 0 Å². The number of ether oxygens (including phenoxy) is 1. The number of benzene rings is 1. The normalized spacial score (nSPS) is 10.4. The Kier molecular flexibility index (Phi) is 5.20. The molecule has 0 radical (unpaired) electrons. The number of hydrogen-bond donors (Lipinski definition) is 1. The lowest BCUT2D eigenvalue weighted by atomic mass is 10.2. The van der Waals surface area contributed by atoms with Crippen molar-refractivity contribution >= 4 is 17.7 Å². The van der Waals surface area contributed by atoms with Gasteiger partial charge in [0.2, 0.25) is 0 Å². The molecule has 0 fully saturated rings. The van der Waals surface area contributed by atoms with Crippen LogP contribution in [0, 0.1) is 17.7 Å². The summed E-state index contributed by atoms with van der Waals surface area (Å²) in [5.41, 5.74) is -0.443. The van der Waals surface area contributed by atoms with Gasteiger partial charge < -0.3 is 10.1 Å². The first-order chi connectivity index (χ1) is 8.79. The predicted molar refractivity (Wildman–Crippen MR) is 72.5 cm³/mol. The molecule has 1 N–H and O–H groups in total. The van der Waals surface area contributed by atoms with Crippen molar-refractivity contribution in [3.63, 3.8) is 0 Å². The molecule has 1 aromatic rings. The van der Waals surface area contributed by atoms with E-state index in [-0.39, 0.29) is 17.1 Å². The van der Waals surface area contributed by atoms with Crippen LogP contribution in [0.15, 0.2) is 18.2 Å². The van der Waals surface area contributed by atoms with Crippen molar-refractivity contribution < 1.29 is 13.9 Å². The molecule has 3 nitrogen and oxygen atoms in total. The van der Waals surface area contributed by atoms with Crippen molar-refractivity contribution in [1.29, 1.82) is 0 Å². The van der Waals surface area contributed by atoms with Gasteiger partial charge in [-0.25, -0.2) is 9.18 Å². The third-order valence-corrected chi connectivity index (χ3v) is 2.21. The van der Waals surface area contributed by atoms with Gasteiger partial charge in [-0.1, -0.05) is 29.5 Å². The van der Waals surface area contributed by atoms with Gasteiger partial charge in [0, 0.05) is 0 Å². The average Bonchev–Trinajstić information content (AvgIpc) is 2.25. The number of hydrogen-bond acceptors (Lipinski definition) is 2. The number of nitrogens with one attached hydrogen (secondary N) is 1. The van der Waals surface area contributed by atoms with E-state index in [1.807, 2.05) is 0 Å². The first-order valence-corrected chi connectivity index (χ1v) is 6.07. The molecule has 19 heavy (non-hydrogen) atoms. The van der Waals surface area contributed by atoms with Crippen LogP contribution in [0.25, 0.3) is 0 Å². The highest BCUT2D eigenvalue weighted by molar-refractivity contribution is 6.31. The molecule has 0 aromatic heterocycles. The summed E-state index contributed by atoms with van der Waals surface area (Å²) in [6, 6.07) is 4.33. The second kappa shape index (κ2) is 6.44. The van der Waals surface area contributed by atoms with E-state index in [2.05, 4.69) is 17.2 Å². The Morgan fingerprint density at radius 3 is 2.74 bits per heavy atom. The molecule has 0 spiro atoms. The molecule has 1 amide bonds. The summed E-state index contributed by atoms with van der Waals surface area (Å²) in [6.45, 7) is 5.34. The van der Waals surface area contributed by atoms with Gasteiger partial charge in [-0.05, 0) is 32.9 Å². The average molecular weight is 284 g/mol. The molecular formula is C14H15ClFNO2. The smallest absolute Gasteiger partial charge is 0.408 e. The lowest BCUT2D eigenvalue weighted by Crippen LogP contribution is -2.32. The van der Waals surface area contributed by atoms with E-state index >= 15 is 0 Å². The largest absolute Gasteiger partial charge is 0.444 e. The molecule has 0 heterocycles. The van der Waals surface area contributed by atoms with Gasteiger partial charge in [0.25, 0.3) is 0 Å². The van der Waals surface area contributed by atoms with Crippen molar-refractivity contribution in [2.75, 3.05) is 6.54 Å². The van der Waals surface area contributed by atoms with E-state index in [1.54, 1.807) is 26.8 Å². The van der Waals surface area contributed by atoms with Crippen molar-refractivity contribution in [3.8, 4) is 11.8 Å². The van der Waals surface area contributed by atoms with Gasteiger partial charge in [-0.3, -0.25) is 0 Å². The second-order valence-corrected chi connectivity index (χ2v) is 5.16. The molecular weight excluding hydrogens is 269 g/mol. The van der Waals surface area contributed by atoms with E-state index in [0.29, 0.717) is 0 Å². The van der Waals surface area contributed by atoms with Crippen LogP contribution >= 0.6 is 11.6 Å². The van der Waals surface area contributed by atoms with E-state index in [9.17, 15) is 9.18 Å². The first kappa shape index (κ1) is 15.3. The standard InChI is InChI=1S/C14H15ClFNO2/c1-14(2,3)19-13(18)17-9-5-6-10-11(15)7-4-8-12(10)16/h4,7-8H,9H2,1-3H3,(H,17,18). The molecule has 0 unspecified atom stereocenters. The fourth-order valence-electron chi connectivity index (χ4n) is 1.18. The number of carbonyl (C=O) groups excluding carboxylic acids is 1. The zero-order valence-electron chi connectivity index (χ0n) is 11.0. The van der Waals surface area contributed by atoms with Crippen molar-refractivity contribution in [2.24, 2.45) is 0 Å². The zero-order valence-corrected chi connectivity index (χ0v) is 11.8. The maximum atomic E-state index is 13.4. The van der Waals surface area contributed by atoms with Crippen LogP contribution < -0.4 is 5.32 Å². The first-order valence-electron chi connectivity index (χ1n) is 5.69. The van der Waals surface area contributed by atoms with E-state index < -0.39 is 17.5 Å². The molecule has 0 aliphatic rings. The fraction of sp³-hybridized carbons (Fsp3) is 0.357. The molecule has 5 heteroatoms. The van der Waals surface area contributed by atoms with Gasteiger partial charge in [0.05, 0.1) is 17.1 Å². The van der Waals surface area contributed by atoms with Crippen LogP contribution in [0.4, 0.5) is 9.18 Å². The quantitative estimate of drug-likeness (QED) is 0.803. The minimum absolute atomic E-state index is 0.0551. The maximum absolute atomic E-state index is 13.4. The van der Waals surface area contributed by atoms with Gasteiger partial charge in [-0.15, -0.1) is 0 Å². The van der Waals surface area contributed by atoms with Crippen molar-refractivity contribution in [1.82, 2.24) is 5.32 Å². The number of rotatable bonds is 1. The predicted octanol–water partition coefficient (Wildman–Crippen LogP) is 3.36. The minimum Gasteiger partial charge on any atom is -0.444 e. The molecule has 102 valence electrons. The zero-order chi connectivity index (χ0) is 14.5. The summed E-state index contributed by atoms with van der Waals surface area (Å²) < 4.78 is 18.4. The van der Waals surface area contributed by atoms with E-state index in [4.69, 9.17) is 16.3 Å². The van der Waals surface area contributed by atoms with E-state index in [0.717, 1.165) is 0 Å². The van der Waals surface area contributed by atoms with Crippen LogP contribution in [0.5, 0.6) is 0 Å². The number of alkyl carbamates (subject to hydrolysis) is 1. The molecule has 0 aliphatic heterocycles. The summed E-state index contributed by atoms with van der Waals surface area (Å²) in [4.78, 5) is 11.3. The van der Waals surface area contributed by atoms with Crippen LogP contribution in [-0.4, -0.2) is 18.2 Å². The Hall–Kier alpha value is -1.73. The SMILES string of the molecule is CC(C)(C)OC(=O)NCC#Cc1c(F)cccc1Cl. The number of amides is 1. The Morgan fingerprint density at radius 2 is 2.16 bits per heavy atom. The Balaban J connectivity index is 2.55. The highest BCUT2D eigenvalue weighted by Crippen LogP contribution is 2.17. The third kappa shape index (κ3) is 5.62. The Bertz CT molecular complexity index is 506. The van der Waals surface area contributed by atoms with Crippen LogP contribution in [0.3, 0.4) is 0 Å². The molecule has 1 rings (SSSR count). The number of carbonyl (C=O) groups is 1. The van der Waals surface area contributed by atoms with Crippen LogP contribution in [-0.2, 0) is 4.74 Å². The fourth-order valence-corrected chi connectivity index (χ4v) is 1.39. The summed E-state index contributed by atoms with van der Waals surface area (Å²) in [6.07, 6.45) is -0.568. The third-order valence-electron chi connectivity index (χ3n) is 1.90. The van der Waals surface area contributed by atoms with Crippen LogP contribution in [0.2, 0.25) is 5.02 Å². The van der Waals surface area contributed by atoms with Gasteiger partial charge >= 0.3 is 6.09 Å². The molecule has 0 saturated carbocycles. The summed E-state index contributed by atoms with van der Waals surface area (Å²) in [5, 5.41) is 2.69. The molecule has 1 aromatic carbocycles. The molecule has 0 bridgehead atoms. The Labute approximate surface area is 117 Å². The summed E-state index contributed by atoms with van der Waals surface area (Å²) in [7, 11) is 0. The second-order valence-electron chi connectivity index (χ2n) is 4.75. The number of halogens is 2. The Morgan fingerprint density at radius 1 is 1.47 bits per heavy atom. The monoisotopic (exact) mass is 283 g/mol. The molecule has 0 aliphatic carbocycles. The lowest BCUT2D eigenvalue weighted by molar-refractivity contribution is 0.0535. The van der Waals surface area contributed by atoms with Crippen LogP contribution in [0.1, 0.15) is 26.3 Å². The summed E-state index contributed by atoms with van der Waals surface area (Å²) >= 11 is 5.80. The van der Waals surface area contributed by atoms with Gasteiger partial charge in [0.15, 0.2) is 0 Å². The van der Waals surface area contributed by atoms with Crippen molar-refractivity contribution in [3.05, 3.63) is 34.6 Å². The molecule has 0 saturated heterocycles. The lowest BCUT2D eigenvalue weighted by Gasteiger charge is -2.19. The summed E-state index contributed by atoms with van der Waals surface area (Å²) in [5.74, 6) is 4.70. The van der Waals surface area contributed by atoms with E-state index in [1.165, 1.54) is 12.1 Å². The topological polar surface area (TPSA) is 38.3 Å². The van der Waals surface area contributed by atoms with Crippen molar-refractivity contribution in [2.45, 2.75) is 26.4 Å². The minimum atomic E-state index is -0.568. The highest BCUT2D eigenvalue weighted by atomic mass is 35.5. The van der Waals surface area contributed by atoms with Gasteiger partial charge in [0.1, 0.15) is 11.4 Å². The molecule has 0 atom stereocenters. The highest BCUT2D eigenvalue weighted by Gasteiger charge is 2.15.